The summed E-state index contributed by atoms with van der Waals surface area (Å²) in [5.41, 5.74) is 0.615. The van der Waals surface area contributed by atoms with Crippen LogP contribution >= 0.6 is 11.6 Å². The highest BCUT2D eigenvalue weighted by Crippen LogP contribution is 2.17. The standard InChI is InChI=1S/C16H15ClF2N2O/c17-12-4-1-3-11(9-12)7-8-20-10-15(22)21-16-13(18)5-2-6-14(16)19/h1-6,9,20H,7-8,10H2,(H,21,22). The first-order valence-electron chi connectivity index (χ1n) is 6.75. The molecule has 0 spiro atoms. The maximum absolute atomic E-state index is 13.4. The SMILES string of the molecule is O=C(CNCCc1cccc(Cl)c1)Nc1c(F)cccc1F. The summed E-state index contributed by atoms with van der Waals surface area (Å²) in [6.45, 7) is 0.516. The van der Waals surface area contributed by atoms with Crippen LogP contribution in [0, 0.1) is 11.6 Å². The highest BCUT2D eigenvalue weighted by Gasteiger charge is 2.11. The number of benzene rings is 2. The fourth-order valence-corrected chi connectivity index (χ4v) is 2.14. The van der Waals surface area contributed by atoms with Crippen molar-refractivity contribution in [2.75, 3.05) is 18.4 Å². The number of para-hydroxylation sites is 1. The largest absolute Gasteiger partial charge is 0.320 e. The predicted molar refractivity (Wildman–Crippen MR) is 83.0 cm³/mol. The minimum Gasteiger partial charge on any atom is -0.320 e. The van der Waals surface area contributed by atoms with E-state index in [2.05, 4.69) is 10.6 Å². The smallest absolute Gasteiger partial charge is 0.238 e. The Hall–Kier alpha value is -1.98. The summed E-state index contributed by atoms with van der Waals surface area (Å²) in [4.78, 5) is 11.7. The van der Waals surface area contributed by atoms with Crippen molar-refractivity contribution in [3.05, 3.63) is 64.7 Å². The number of hydrogen-bond donors (Lipinski definition) is 2. The van der Waals surface area contributed by atoms with Crippen molar-refractivity contribution < 1.29 is 13.6 Å². The van der Waals surface area contributed by atoms with Crippen LogP contribution in [-0.4, -0.2) is 19.0 Å². The lowest BCUT2D eigenvalue weighted by Crippen LogP contribution is -2.30. The molecule has 0 aliphatic rings. The van der Waals surface area contributed by atoms with Crippen LogP contribution in [0.4, 0.5) is 14.5 Å². The van der Waals surface area contributed by atoms with Gasteiger partial charge in [-0.3, -0.25) is 4.79 Å². The number of halogens is 3. The summed E-state index contributed by atoms with van der Waals surface area (Å²) in [5, 5.41) is 5.78. The number of anilines is 1. The van der Waals surface area contributed by atoms with Crippen molar-refractivity contribution in [1.82, 2.24) is 5.32 Å². The molecule has 0 heterocycles. The quantitative estimate of drug-likeness (QED) is 0.800. The molecule has 0 saturated carbocycles. The zero-order valence-electron chi connectivity index (χ0n) is 11.7. The number of carbonyl (C=O) groups excluding carboxylic acids is 1. The second kappa shape index (κ2) is 7.87. The van der Waals surface area contributed by atoms with Gasteiger partial charge in [0.2, 0.25) is 5.91 Å². The lowest BCUT2D eigenvalue weighted by molar-refractivity contribution is -0.115. The molecule has 0 aliphatic carbocycles. The monoisotopic (exact) mass is 324 g/mol. The Kier molecular flexibility index (Phi) is 5.86. The van der Waals surface area contributed by atoms with Gasteiger partial charge >= 0.3 is 0 Å². The molecule has 2 aromatic carbocycles. The van der Waals surface area contributed by atoms with E-state index < -0.39 is 23.2 Å². The third-order valence-electron chi connectivity index (χ3n) is 2.99. The maximum atomic E-state index is 13.4. The number of carbonyl (C=O) groups is 1. The lowest BCUT2D eigenvalue weighted by Gasteiger charge is -2.08. The molecule has 116 valence electrons. The molecular formula is C16H15ClF2N2O. The number of hydrogen-bond acceptors (Lipinski definition) is 2. The highest BCUT2D eigenvalue weighted by atomic mass is 35.5. The van der Waals surface area contributed by atoms with Crippen molar-refractivity contribution in [3.63, 3.8) is 0 Å². The van der Waals surface area contributed by atoms with E-state index in [0.29, 0.717) is 18.0 Å². The van der Waals surface area contributed by atoms with Gasteiger partial charge in [0.1, 0.15) is 17.3 Å². The zero-order chi connectivity index (χ0) is 15.9. The van der Waals surface area contributed by atoms with Crippen molar-refractivity contribution in [2.24, 2.45) is 0 Å². The van der Waals surface area contributed by atoms with Crippen LogP contribution in [-0.2, 0) is 11.2 Å². The second-order valence-corrected chi connectivity index (χ2v) is 5.14. The highest BCUT2D eigenvalue weighted by molar-refractivity contribution is 6.30. The molecule has 22 heavy (non-hydrogen) atoms. The van der Waals surface area contributed by atoms with E-state index in [-0.39, 0.29) is 6.54 Å². The Morgan fingerprint density at radius 3 is 2.45 bits per heavy atom. The predicted octanol–water partition coefficient (Wildman–Crippen LogP) is 3.39. The van der Waals surface area contributed by atoms with Crippen LogP contribution in [0.2, 0.25) is 5.02 Å². The third kappa shape index (κ3) is 4.79. The van der Waals surface area contributed by atoms with Crippen LogP contribution in [0.1, 0.15) is 5.56 Å². The van der Waals surface area contributed by atoms with Crippen LogP contribution < -0.4 is 10.6 Å². The van der Waals surface area contributed by atoms with Gasteiger partial charge in [-0.25, -0.2) is 8.78 Å². The topological polar surface area (TPSA) is 41.1 Å². The molecule has 2 N–H and O–H groups in total. The fraction of sp³-hybridized carbons (Fsp3) is 0.188. The first kappa shape index (κ1) is 16.4. The summed E-state index contributed by atoms with van der Waals surface area (Å²) in [7, 11) is 0. The van der Waals surface area contributed by atoms with Gasteiger partial charge in [-0.05, 0) is 42.8 Å². The molecule has 0 unspecified atom stereocenters. The summed E-state index contributed by atoms with van der Waals surface area (Å²) in [6, 6.07) is 10.8. The average molecular weight is 325 g/mol. The van der Waals surface area contributed by atoms with Gasteiger partial charge in [-0.15, -0.1) is 0 Å². The Bertz CT molecular complexity index is 644. The summed E-state index contributed by atoms with van der Waals surface area (Å²) in [6.07, 6.45) is 0.696. The van der Waals surface area contributed by atoms with E-state index in [1.54, 1.807) is 6.07 Å². The van der Waals surface area contributed by atoms with E-state index in [9.17, 15) is 13.6 Å². The van der Waals surface area contributed by atoms with Gasteiger partial charge in [-0.1, -0.05) is 29.8 Å². The Labute approximate surface area is 132 Å². The number of nitrogens with one attached hydrogen (secondary N) is 2. The van der Waals surface area contributed by atoms with E-state index in [1.165, 1.54) is 6.07 Å². The molecule has 0 bridgehead atoms. The van der Waals surface area contributed by atoms with Crippen molar-refractivity contribution in [2.45, 2.75) is 6.42 Å². The molecule has 3 nitrogen and oxygen atoms in total. The van der Waals surface area contributed by atoms with Crippen LogP contribution in [0.5, 0.6) is 0 Å². The lowest BCUT2D eigenvalue weighted by atomic mass is 10.1. The van der Waals surface area contributed by atoms with Crippen molar-refractivity contribution in [1.29, 1.82) is 0 Å². The van der Waals surface area contributed by atoms with Crippen molar-refractivity contribution >= 4 is 23.2 Å². The molecule has 2 aromatic rings. The molecule has 0 aromatic heterocycles. The summed E-state index contributed by atoms with van der Waals surface area (Å²) < 4.78 is 26.7. The van der Waals surface area contributed by atoms with Crippen molar-refractivity contribution in [3.8, 4) is 0 Å². The molecule has 0 saturated heterocycles. The van der Waals surface area contributed by atoms with E-state index in [4.69, 9.17) is 11.6 Å². The van der Waals surface area contributed by atoms with Crippen LogP contribution in [0.15, 0.2) is 42.5 Å². The minimum absolute atomic E-state index is 0.0334. The number of amides is 1. The van der Waals surface area contributed by atoms with Gasteiger partial charge in [0.15, 0.2) is 0 Å². The van der Waals surface area contributed by atoms with Gasteiger partial charge in [0.05, 0.1) is 6.54 Å². The zero-order valence-corrected chi connectivity index (χ0v) is 12.5. The molecular weight excluding hydrogens is 310 g/mol. The average Bonchev–Trinajstić information content (AvgIpc) is 2.48. The fourth-order valence-electron chi connectivity index (χ4n) is 1.93. The Morgan fingerprint density at radius 1 is 1.09 bits per heavy atom. The van der Waals surface area contributed by atoms with Crippen LogP contribution in [0.25, 0.3) is 0 Å². The minimum atomic E-state index is -0.799. The van der Waals surface area contributed by atoms with Gasteiger partial charge < -0.3 is 10.6 Å². The normalized spacial score (nSPS) is 10.5. The molecule has 1 amide bonds. The molecule has 0 aliphatic heterocycles. The van der Waals surface area contributed by atoms with E-state index >= 15 is 0 Å². The van der Waals surface area contributed by atoms with Gasteiger partial charge in [-0.2, -0.15) is 0 Å². The van der Waals surface area contributed by atoms with Gasteiger partial charge in [0, 0.05) is 5.02 Å². The van der Waals surface area contributed by atoms with E-state index in [1.807, 2.05) is 18.2 Å². The van der Waals surface area contributed by atoms with E-state index in [0.717, 1.165) is 17.7 Å². The third-order valence-corrected chi connectivity index (χ3v) is 3.23. The molecule has 2 rings (SSSR count). The molecule has 0 atom stereocenters. The number of rotatable bonds is 6. The first-order chi connectivity index (χ1) is 10.6. The first-order valence-corrected chi connectivity index (χ1v) is 7.13. The molecule has 0 fully saturated rings. The molecule has 0 radical (unpaired) electrons. The molecule has 6 heteroatoms. The Balaban J connectivity index is 1.76. The Morgan fingerprint density at radius 2 is 1.77 bits per heavy atom. The summed E-state index contributed by atoms with van der Waals surface area (Å²) in [5.74, 6) is -2.10. The maximum Gasteiger partial charge on any atom is 0.238 e. The summed E-state index contributed by atoms with van der Waals surface area (Å²) >= 11 is 5.87. The second-order valence-electron chi connectivity index (χ2n) is 4.70. The van der Waals surface area contributed by atoms with Crippen LogP contribution in [0.3, 0.4) is 0 Å². The van der Waals surface area contributed by atoms with Gasteiger partial charge in [0.25, 0.3) is 0 Å².